The first-order chi connectivity index (χ1) is 12.2. The highest BCUT2D eigenvalue weighted by Gasteiger charge is 2.20. The van der Waals surface area contributed by atoms with E-state index in [1.54, 1.807) is 26.0 Å². The van der Waals surface area contributed by atoms with Crippen molar-refractivity contribution in [3.63, 3.8) is 0 Å². The van der Waals surface area contributed by atoms with E-state index >= 15 is 0 Å². The molecule has 0 radical (unpaired) electrons. The monoisotopic (exact) mass is 380 g/mol. The molecule has 0 atom stereocenters. The van der Waals surface area contributed by atoms with E-state index in [2.05, 4.69) is 15.1 Å². The average Bonchev–Trinajstić information content (AvgIpc) is 2.59. The van der Waals surface area contributed by atoms with Gasteiger partial charge in [0, 0.05) is 12.2 Å². The van der Waals surface area contributed by atoms with E-state index in [9.17, 15) is 22.4 Å². The number of nitrogens with one attached hydrogen (secondary N) is 3. The lowest BCUT2D eigenvalue weighted by Gasteiger charge is -2.12. The molecule has 138 valence electrons. The van der Waals surface area contributed by atoms with Crippen LogP contribution in [0.2, 0.25) is 0 Å². The summed E-state index contributed by atoms with van der Waals surface area (Å²) in [5.41, 5.74) is 3.62. The molecule has 1 aromatic carbocycles. The van der Waals surface area contributed by atoms with E-state index < -0.39 is 33.2 Å². The molecule has 0 bridgehead atoms. The van der Waals surface area contributed by atoms with E-state index in [0.717, 1.165) is 18.2 Å². The van der Waals surface area contributed by atoms with E-state index in [1.807, 2.05) is 5.43 Å². The predicted octanol–water partition coefficient (Wildman–Crippen LogP) is 0.982. The maximum absolute atomic E-state index is 13.9. The Kier molecular flexibility index (Phi) is 6.01. The molecule has 0 spiro atoms. The Morgan fingerprint density at radius 2 is 1.77 bits per heavy atom. The molecule has 3 N–H and O–H groups in total. The molecular weight excluding hydrogens is 363 g/mol. The van der Waals surface area contributed by atoms with Crippen molar-refractivity contribution < 1.29 is 22.4 Å². The van der Waals surface area contributed by atoms with Crippen molar-refractivity contribution in [1.82, 2.24) is 20.6 Å². The molecule has 2 rings (SSSR count). The van der Waals surface area contributed by atoms with Crippen LogP contribution in [0.15, 0.2) is 47.5 Å². The van der Waals surface area contributed by atoms with Crippen molar-refractivity contribution in [2.24, 2.45) is 0 Å². The van der Waals surface area contributed by atoms with Gasteiger partial charge in [-0.25, -0.2) is 17.5 Å². The van der Waals surface area contributed by atoms with Crippen molar-refractivity contribution in [3.8, 4) is 0 Å². The first kappa shape index (κ1) is 19.5. The van der Waals surface area contributed by atoms with Crippen molar-refractivity contribution in [1.29, 1.82) is 0 Å². The minimum Gasteiger partial charge on any atom is -0.267 e. The lowest BCUT2D eigenvalue weighted by molar-refractivity contribution is 0.0841. The van der Waals surface area contributed by atoms with Crippen molar-refractivity contribution in [2.45, 2.75) is 24.8 Å². The number of carbonyl (C=O) groups is 2. The SMILES string of the molecule is CC(C)NS(=O)(=O)c1ccc(F)c(C(=O)NNC(=O)c2ccccn2)c1. The molecule has 0 aliphatic carbocycles. The first-order valence-corrected chi connectivity index (χ1v) is 9.02. The molecule has 10 heteroatoms. The van der Waals surface area contributed by atoms with Gasteiger partial charge in [-0.2, -0.15) is 0 Å². The molecule has 0 aliphatic heterocycles. The highest BCUT2D eigenvalue weighted by atomic mass is 32.2. The fraction of sp³-hybridized carbons (Fsp3) is 0.188. The van der Waals surface area contributed by atoms with Gasteiger partial charge in [0.25, 0.3) is 11.8 Å². The Balaban J connectivity index is 2.16. The van der Waals surface area contributed by atoms with Gasteiger partial charge in [-0.3, -0.25) is 25.4 Å². The van der Waals surface area contributed by atoms with Crippen molar-refractivity contribution >= 4 is 21.8 Å². The summed E-state index contributed by atoms with van der Waals surface area (Å²) in [6.07, 6.45) is 1.40. The Bertz CT molecular complexity index is 917. The molecule has 26 heavy (non-hydrogen) atoms. The second-order valence-corrected chi connectivity index (χ2v) is 7.25. The van der Waals surface area contributed by atoms with Crippen LogP contribution in [0.1, 0.15) is 34.7 Å². The number of hydrazine groups is 1. The average molecular weight is 380 g/mol. The number of aromatic nitrogens is 1. The third-order valence-electron chi connectivity index (χ3n) is 3.07. The van der Waals surface area contributed by atoms with Crippen LogP contribution in [0.25, 0.3) is 0 Å². The third kappa shape index (κ3) is 4.83. The van der Waals surface area contributed by atoms with Crippen LogP contribution < -0.4 is 15.6 Å². The van der Waals surface area contributed by atoms with Gasteiger partial charge in [-0.15, -0.1) is 0 Å². The highest BCUT2D eigenvalue weighted by molar-refractivity contribution is 7.89. The molecule has 2 aromatic rings. The highest BCUT2D eigenvalue weighted by Crippen LogP contribution is 2.15. The summed E-state index contributed by atoms with van der Waals surface area (Å²) in [7, 11) is -3.90. The Morgan fingerprint density at radius 3 is 2.38 bits per heavy atom. The maximum atomic E-state index is 13.9. The molecule has 0 unspecified atom stereocenters. The van der Waals surface area contributed by atoms with Gasteiger partial charge in [0.2, 0.25) is 10.0 Å². The second-order valence-electron chi connectivity index (χ2n) is 5.54. The number of halogens is 1. The largest absolute Gasteiger partial charge is 0.288 e. The van der Waals surface area contributed by atoms with E-state index in [0.29, 0.717) is 0 Å². The van der Waals surface area contributed by atoms with Gasteiger partial charge in [0.1, 0.15) is 11.5 Å². The van der Waals surface area contributed by atoms with Crippen LogP contribution in [0.3, 0.4) is 0 Å². The van der Waals surface area contributed by atoms with E-state index in [4.69, 9.17) is 0 Å². The molecule has 0 aliphatic rings. The lowest BCUT2D eigenvalue weighted by Crippen LogP contribution is -2.42. The van der Waals surface area contributed by atoms with Gasteiger partial charge in [0.05, 0.1) is 10.5 Å². The first-order valence-electron chi connectivity index (χ1n) is 7.54. The van der Waals surface area contributed by atoms with Crippen molar-refractivity contribution in [3.05, 3.63) is 59.7 Å². The molecule has 8 nitrogen and oxygen atoms in total. The summed E-state index contributed by atoms with van der Waals surface area (Å²) >= 11 is 0. The minimum atomic E-state index is -3.90. The fourth-order valence-electron chi connectivity index (χ4n) is 1.97. The zero-order valence-corrected chi connectivity index (χ0v) is 14.8. The normalized spacial score (nSPS) is 11.2. The fourth-order valence-corrected chi connectivity index (χ4v) is 3.24. The Labute approximate surface area is 149 Å². The summed E-state index contributed by atoms with van der Waals surface area (Å²) in [5.74, 6) is -2.64. The number of rotatable bonds is 5. The number of pyridine rings is 1. The summed E-state index contributed by atoms with van der Waals surface area (Å²) in [6, 6.07) is 7.05. The van der Waals surface area contributed by atoms with Crippen molar-refractivity contribution in [2.75, 3.05) is 0 Å². The van der Waals surface area contributed by atoms with Crippen LogP contribution >= 0.6 is 0 Å². The van der Waals surface area contributed by atoms with Crippen LogP contribution in [0.4, 0.5) is 4.39 Å². The number of hydrogen-bond donors (Lipinski definition) is 3. The summed E-state index contributed by atoms with van der Waals surface area (Å²) in [4.78, 5) is 27.5. The summed E-state index contributed by atoms with van der Waals surface area (Å²) < 4.78 is 40.5. The topological polar surface area (TPSA) is 117 Å². The van der Waals surface area contributed by atoms with Crippen LogP contribution in [-0.2, 0) is 10.0 Å². The quantitative estimate of drug-likeness (QED) is 0.669. The Hall–Kier alpha value is -2.85. The molecule has 0 saturated heterocycles. The maximum Gasteiger partial charge on any atom is 0.288 e. The van der Waals surface area contributed by atoms with E-state index in [-0.39, 0.29) is 16.6 Å². The second kappa shape index (κ2) is 8.02. The number of hydrogen-bond acceptors (Lipinski definition) is 5. The van der Waals surface area contributed by atoms with Crippen LogP contribution in [-0.4, -0.2) is 31.3 Å². The van der Waals surface area contributed by atoms with Gasteiger partial charge >= 0.3 is 0 Å². The van der Waals surface area contributed by atoms with Gasteiger partial charge < -0.3 is 0 Å². The van der Waals surface area contributed by atoms with E-state index in [1.165, 1.54) is 12.3 Å². The molecular formula is C16H17FN4O4S. The van der Waals surface area contributed by atoms with Gasteiger partial charge in [0.15, 0.2) is 0 Å². The zero-order chi connectivity index (χ0) is 19.3. The third-order valence-corrected chi connectivity index (χ3v) is 4.73. The number of nitrogens with zero attached hydrogens (tertiary/aromatic N) is 1. The predicted molar refractivity (Wildman–Crippen MR) is 91.0 cm³/mol. The number of amides is 2. The Morgan fingerprint density at radius 1 is 1.08 bits per heavy atom. The molecule has 0 fully saturated rings. The smallest absolute Gasteiger partial charge is 0.267 e. The standard InChI is InChI=1S/C16H17FN4O4S/c1-10(2)21-26(24,25)11-6-7-13(17)12(9-11)15(22)19-20-16(23)14-5-3-4-8-18-14/h3-10,21H,1-2H3,(H,19,22)(H,20,23). The molecule has 1 heterocycles. The summed E-state index contributed by atoms with van der Waals surface area (Å²) in [5, 5.41) is 0. The molecule has 1 aromatic heterocycles. The van der Waals surface area contributed by atoms with Gasteiger partial charge in [-0.05, 0) is 44.2 Å². The van der Waals surface area contributed by atoms with Crippen LogP contribution in [0.5, 0.6) is 0 Å². The number of sulfonamides is 1. The summed E-state index contributed by atoms with van der Waals surface area (Å²) in [6.45, 7) is 3.25. The molecule has 0 saturated carbocycles. The lowest BCUT2D eigenvalue weighted by atomic mass is 10.2. The molecule has 2 amide bonds. The minimum absolute atomic E-state index is 0.0470. The zero-order valence-electron chi connectivity index (χ0n) is 14.0. The van der Waals surface area contributed by atoms with Gasteiger partial charge in [-0.1, -0.05) is 6.07 Å². The van der Waals surface area contributed by atoms with Crippen LogP contribution in [0, 0.1) is 5.82 Å². The number of carbonyl (C=O) groups excluding carboxylic acids is 2. The number of benzene rings is 1.